The van der Waals surface area contributed by atoms with Gasteiger partial charge in [-0.2, -0.15) is 0 Å². The lowest BCUT2D eigenvalue weighted by molar-refractivity contribution is -0.0221. The van der Waals surface area contributed by atoms with E-state index in [1.54, 1.807) is 0 Å². The number of hydrogen-bond acceptors (Lipinski definition) is 6. The summed E-state index contributed by atoms with van der Waals surface area (Å²) in [6.45, 7) is 7.93. The zero-order chi connectivity index (χ0) is 27.9. The number of carbonyl (C=O) groups is 1. The molecule has 1 aliphatic carbocycles. The molecule has 1 atom stereocenters. The Kier molecular flexibility index (Phi) is 7.50. The molecule has 0 bridgehead atoms. The van der Waals surface area contributed by atoms with Crippen LogP contribution < -0.4 is 19.8 Å². The van der Waals surface area contributed by atoms with Crippen molar-refractivity contribution in [2.75, 3.05) is 59.2 Å². The summed E-state index contributed by atoms with van der Waals surface area (Å²) >= 11 is 0. The summed E-state index contributed by atoms with van der Waals surface area (Å²) < 4.78 is 36.5. The second-order valence-corrected chi connectivity index (χ2v) is 13.9. The molecular weight excluding hydrogens is 532 g/mol. The number of hydrogen-bond donors (Lipinski definition) is 2. The first-order valence-corrected chi connectivity index (χ1v) is 15.8. The Bertz CT molecular complexity index is 1290. The molecule has 4 heterocycles. The highest BCUT2D eigenvalue weighted by Crippen LogP contribution is 2.54. The molecule has 1 aromatic carbocycles. The average Bonchev–Trinajstić information content (AvgIpc) is 3.65. The molecule has 1 amide bonds. The van der Waals surface area contributed by atoms with Crippen molar-refractivity contribution in [1.82, 2.24) is 4.98 Å². The maximum Gasteiger partial charge on any atom is 0.258 e. The van der Waals surface area contributed by atoms with Crippen molar-refractivity contribution in [3.8, 4) is 0 Å². The maximum absolute atomic E-state index is 13.7. The number of anilines is 4. The van der Waals surface area contributed by atoms with Crippen molar-refractivity contribution >= 4 is 45.0 Å². The number of ether oxygens (including phenoxy) is 1. The molecule has 7 nitrogen and oxygen atoms in total. The van der Waals surface area contributed by atoms with Gasteiger partial charge in [-0.05, 0) is 86.2 Å². The maximum atomic E-state index is 13.7. The summed E-state index contributed by atoms with van der Waals surface area (Å²) in [5, 5.41) is 5.70. The molecular formula is C30H39F2N5O2S. The predicted molar refractivity (Wildman–Crippen MR) is 160 cm³/mol. The molecule has 3 aliphatic heterocycles. The van der Waals surface area contributed by atoms with Gasteiger partial charge in [-0.3, -0.25) is 4.79 Å². The van der Waals surface area contributed by atoms with Crippen LogP contribution in [-0.2, 0) is 4.74 Å². The number of nitrogens with one attached hydrogen (secondary N) is 2. The third kappa shape index (κ3) is 5.98. The third-order valence-electron chi connectivity index (χ3n) is 8.84. The molecule has 0 radical (unpaired) electrons. The molecule has 216 valence electrons. The van der Waals surface area contributed by atoms with E-state index in [0.717, 1.165) is 56.1 Å². The number of halogens is 2. The summed E-state index contributed by atoms with van der Waals surface area (Å²) in [5.41, 5.74) is 4.01. The van der Waals surface area contributed by atoms with E-state index in [1.165, 1.54) is 12.8 Å². The van der Waals surface area contributed by atoms with Crippen LogP contribution in [0.1, 0.15) is 61.4 Å². The highest BCUT2D eigenvalue weighted by Gasteiger charge is 2.44. The number of aromatic nitrogens is 1. The van der Waals surface area contributed by atoms with E-state index < -0.39 is 5.92 Å². The Balaban J connectivity index is 1.23. The first-order valence-electron chi connectivity index (χ1n) is 14.4. The summed E-state index contributed by atoms with van der Waals surface area (Å²) in [5.74, 6) is -1.77. The van der Waals surface area contributed by atoms with Crippen LogP contribution in [0.15, 0.2) is 30.3 Å². The molecule has 2 aromatic rings. The quantitative estimate of drug-likeness (QED) is 0.393. The summed E-state index contributed by atoms with van der Waals surface area (Å²) in [7, 11) is -0.0984. The number of piperidine rings is 2. The van der Waals surface area contributed by atoms with Crippen molar-refractivity contribution in [2.45, 2.75) is 63.5 Å². The van der Waals surface area contributed by atoms with Gasteiger partial charge in [0.25, 0.3) is 11.8 Å². The Morgan fingerprint density at radius 1 is 1.02 bits per heavy atom. The number of rotatable bonds is 7. The highest BCUT2D eigenvalue weighted by atomic mass is 32.2. The van der Waals surface area contributed by atoms with Gasteiger partial charge < -0.3 is 24.6 Å². The number of alkyl halides is 2. The molecule has 2 N–H and O–H groups in total. The molecule has 40 heavy (non-hydrogen) atoms. The fourth-order valence-electron chi connectivity index (χ4n) is 5.90. The lowest BCUT2D eigenvalue weighted by Gasteiger charge is -2.35. The number of aryl methyl sites for hydroxylation is 1. The highest BCUT2D eigenvalue weighted by molar-refractivity contribution is 8.16. The molecule has 1 aromatic heterocycles. The molecule has 1 saturated carbocycles. The van der Waals surface area contributed by atoms with Crippen LogP contribution in [0.2, 0.25) is 0 Å². The number of benzene rings is 1. The van der Waals surface area contributed by atoms with Crippen molar-refractivity contribution in [1.29, 1.82) is 0 Å². The van der Waals surface area contributed by atoms with E-state index >= 15 is 0 Å². The second-order valence-electron chi connectivity index (χ2n) is 11.8. The zero-order valence-corrected chi connectivity index (χ0v) is 24.2. The van der Waals surface area contributed by atoms with Crippen molar-refractivity contribution in [3.63, 3.8) is 0 Å². The zero-order valence-electron chi connectivity index (χ0n) is 23.3. The molecule has 1 spiro atoms. The van der Waals surface area contributed by atoms with E-state index in [1.807, 2.05) is 36.1 Å². The predicted octanol–water partition coefficient (Wildman–Crippen LogP) is 6.07. The molecule has 1 unspecified atom stereocenters. The van der Waals surface area contributed by atoms with Gasteiger partial charge in [0.1, 0.15) is 11.6 Å². The Hall–Kier alpha value is -2.72. The number of pyridine rings is 1. The van der Waals surface area contributed by atoms with Gasteiger partial charge in [-0.15, -0.1) is 0 Å². The number of nitrogens with zero attached hydrogens (tertiary/aromatic N) is 3. The third-order valence-corrected chi connectivity index (χ3v) is 10.8. The normalized spacial score (nSPS) is 22.6. The second kappa shape index (κ2) is 10.9. The minimum absolute atomic E-state index is 0.0984. The van der Waals surface area contributed by atoms with Crippen LogP contribution in [0.25, 0.3) is 0 Å². The molecule has 3 saturated heterocycles. The van der Waals surface area contributed by atoms with Gasteiger partial charge in [0, 0.05) is 44.7 Å². The van der Waals surface area contributed by atoms with Gasteiger partial charge in [-0.25, -0.2) is 13.8 Å². The van der Waals surface area contributed by atoms with E-state index in [0.29, 0.717) is 27.9 Å². The summed E-state index contributed by atoms with van der Waals surface area (Å²) in [6, 6.07) is 9.73. The van der Waals surface area contributed by atoms with Gasteiger partial charge in [0.05, 0.1) is 29.7 Å². The molecule has 4 aliphatic rings. The SMILES string of the molecule is C/C=S(/Nc1ccc(C(=O)Nc2cc(C)cc(N3CCC(F)(F)CC3)n2)c(N2CCC3(CC2)CC3)c1)C1COC1. The van der Waals surface area contributed by atoms with Crippen LogP contribution in [0, 0.1) is 12.3 Å². The molecule has 10 heteroatoms. The van der Waals surface area contributed by atoms with E-state index in [9.17, 15) is 13.6 Å². The van der Waals surface area contributed by atoms with Crippen LogP contribution in [-0.4, -0.2) is 66.8 Å². The monoisotopic (exact) mass is 571 g/mol. The van der Waals surface area contributed by atoms with Crippen LogP contribution >= 0.6 is 10.7 Å². The van der Waals surface area contributed by atoms with Gasteiger partial charge in [-0.1, -0.05) is 10.7 Å². The minimum Gasteiger partial charge on any atom is -0.379 e. The minimum atomic E-state index is -2.62. The Labute approximate surface area is 237 Å². The largest absolute Gasteiger partial charge is 0.379 e. The number of amides is 1. The van der Waals surface area contributed by atoms with Gasteiger partial charge in [0.2, 0.25) is 0 Å². The number of carbonyl (C=O) groups excluding carboxylic acids is 1. The molecule has 6 rings (SSSR count). The fraction of sp³-hybridized carbons (Fsp3) is 0.567. The van der Waals surface area contributed by atoms with Gasteiger partial charge >= 0.3 is 0 Å². The summed E-state index contributed by atoms with van der Waals surface area (Å²) in [6.07, 6.45) is 4.60. The standard InChI is InChI=1S/C30H39F2N5O2S/c1-3-40(23-19-39-20-23)35-22-4-5-24(25(18-22)36-12-8-29(6-7-29)9-13-36)28(38)34-26-16-21(2)17-27(33-26)37-14-10-30(31,32)11-15-37/h3-5,16-18,23,35H,6-15,19-20H2,1-2H3,(H,33,34,38). The van der Waals surface area contributed by atoms with E-state index in [4.69, 9.17) is 4.74 Å². The Morgan fingerprint density at radius 2 is 1.73 bits per heavy atom. The van der Waals surface area contributed by atoms with E-state index in [-0.39, 0.29) is 42.5 Å². The smallest absolute Gasteiger partial charge is 0.258 e. The lowest BCUT2D eigenvalue weighted by Crippen LogP contribution is -2.39. The lowest BCUT2D eigenvalue weighted by atomic mass is 9.93. The van der Waals surface area contributed by atoms with Crippen LogP contribution in [0.5, 0.6) is 0 Å². The van der Waals surface area contributed by atoms with Crippen molar-refractivity contribution < 1.29 is 18.3 Å². The van der Waals surface area contributed by atoms with E-state index in [2.05, 4.69) is 38.3 Å². The topological polar surface area (TPSA) is 69.7 Å². The van der Waals surface area contributed by atoms with Crippen molar-refractivity contribution in [2.24, 2.45) is 5.41 Å². The first kappa shape index (κ1) is 27.4. The van der Waals surface area contributed by atoms with Crippen LogP contribution in [0.4, 0.5) is 31.8 Å². The van der Waals surface area contributed by atoms with Crippen LogP contribution in [0.3, 0.4) is 0 Å². The molecule has 4 fully saturated rings. The first-order chi connectivity index (χ1) is 19.2. The fourth-order valence-corrected chi connectivity index (χ4v) is 7.45. The van der Waals surface area contributed by atoms with Crippen molar-refractivity contribution in [3.05, 3.63) is 41.5 Å². The summed E-state index contributed by atoms with van der Waals surface area (Å²) in [4.78, 5) is 22.6. The van der Waals surface area contributed by atoms with Gasteiger partial charge in [0.15, 0.2) is 0 Å². The average molecular weight is 572 g/mol. The Morgan fingerprint density at radius 3 is 2.35 bits per heavy atom.